The molecule has 0 fully saturated rings. The fraction of sp³-hybridized carbons (Fsp3) is 0. The molecule has 0 aliphatic rings. The topological polar surface area (TPSA) is 96.9 Å². The quantitative estimate of drug-likeness (QED) is 0.337. The van der Waals surface area contributed by atoms with E-state index < -0.39 is 4.92 Å². The Morgan fingerprint density at radius 2 is 1.89 bits per heavy atom. The van der Waals surface area contributed by atoms with Gasteiger partial charge in [0.2, 0.25) is 0 Å². The Balaban J connectivity index is 2.02. The first-order valence-corrected chi connectivity index (χ1v) is 8.80. The van der Waals surface area contributed by atoms with E-state index in [9.17, 15) is 20.2 Å². The van der Waals surface area contributed by atoms with Crippen LogP contribution in [0.2, 0.25) is 5.02 Å². The molecule has 1 heterocycles. The molecular weight excluding hydrogens is 386 g/mol. The third-order valence-corrected chi connectivity index (χ3v) is 5.01. The van der Waals surface area contributed by atoms with E-state index >= 15 is 0 Å². The number of rotatable bonds is 5. The zero-order valence-electron chi connectivity index (χ0n) is 13.6. The van der Waals surface area contributed by atoms with Crippen molar-refractivity contribution in [1.82, 2.24) is 4.98 Å². The molecule has 0 N–H and O–H groups in total. The Morgan fingerprint density at radius 3 is 2.52 bits per heavy atom. The molecule has 0 amide bonds. The summed E-state index contributed by atoms with van der Waals surface area (Å²) in [6.07, 6.45) is 0.546. The average molecular weight is 396 g/mol. The van der Waals surface area contributed by atoms with Crippen molar-refractivity contribution in [2.75, 3.05) is 0 Å². The van der Waals surface area contributed by atoms with Gasteiger partial charge in [-0.25, -0.2) is 4.98 Å². The molecule has 0 aliphatic heterocycles. The smallest absolute Gasteiger partial charge is 0.270 e. The minimum absolute atomic E-state index is 0.164. The molecule has 132 valence electrons. The lowest BCUT2D eigenvalue weighted by atomic mass is 10.1. The van der Waals surface area contributed by atoms with Crippen LogP contribution in [0, 0.1) is 21.4 Å². The molecule has 0 radical (unpaired) electrons. The zero-order valence-corrected chi connectivity index (χ0v) is 15.2. The van der Waals surface area contributed by atoms with Crippen LogP contribution in [-0.2, 0) is 0 Å². The van der Waals surface area contributed by atoms with Crippen LogP contribution in [0.1, 0.15) is 15.9 Å². The molecule has 3 aromatic rings. The Kier molecular flexibility index (Phi) is 5.50. The van der Waals surface area contributed by atoms with Gasteiger partial charge < -0.3 is 0 Å². The van der Waals surface area contributed by atoms with Crippen LogP contribution in [0.15, 0.2) is 64.5 Å². The molecule has 0 aliphatic carbocycles. The van der Waals surface area contributed by atoms with Crippen LogP contribution in [0.3, 0.4) is 0 Å². The first kappa shape index (κ1) is 18.6. The van der Waals surface area contributed by atoms with Crippen molar-refractivity contribution in [2.24, 2.45) is 0 Å². The second-order valence-electron chi connectivity index (χ2n) is 5.37. The van der Waals surface area contributed by atoms with Gasteiger partial charge in [-0.05, 0) is 30.3 Å². The largest absolute Gasteiger partial charge is 0.298 e. The lowest BCUT2D eigenvalue weighted by Crippen LogP contribution is -1.94. The highest BCUT2D eigenvalue weighted by Gasteiger charge is 2.15. The first-order valence-electron chi connectivity index (χ1n) is 7.60. The van der Waals surface area contributed by atoms with Crippen LogP contribution in [0.4, 0.5) is 5.69 Å². The fourth-order valence-corrected chi connectivity index (χ4v) is 3.39. The molecule has 3 rings (SSSR count). The number of aromatic nitrogens is 1. The van der Waals surface area contributed by atoms with E-state index in [1.807, 2.05) is 12.1 Å². The third-order valence-electron chi connectivity index (χ3n) is 3.66. The number of non-ortho nitro benzene ring substituents is 1. The molecule has 6 nitrogen and oxygen atoms in total. The van der Waals surface area contributed by atoms with Gasteiger partial charge in [-0.1, -0.05) is 35.5 Å². The number of nitrogens with zero attached hydrogens (tertiary/aromatic N) is 3. The molecule has 0 bridgehead atoms. The molecule has 27 heavy (non-hydrogen) atoms. The summed E-state index contributed by atoms with van der Waals surface area (Å²) in [5, 5.41) is 21.2. The maximum Gasteiger partial charge on any atom is 0.270 e. The van der Waals surface area contributed by atoms with Crippen molar-refractivity contribution < 1.29 is 9.72 Å². The summed E-state index contributed by atoms with van der Waals surface area (Å²) in [5.74, 6) is 0. The van der Waals surface area contributed by atoms with Crippen molar-refractivity contribution in [2.45, 2.75) is 9.92 Å². The van der Waals surface area contributed by atoms with Crippen molar-refractivity contribution >= 4 is 35.3 Å². The number of pyridine rings is 1. The van der Waals surface area contributed by atoms with Gasteiger partial charge >= 0.3 is 0 Å². The highest BCUT2D eigenvalue weighted by atomic mass is 35.5. The highest BCUT2D eigenvalue weighted by Crippen LogP contribution is 2.34. The number of carbonyl (C=O) groups excluding carboxylic acids is 1. The Bertz CT molecular complexity index is 1080. The van der Waals surface area contributed by atoms with Crippen molar-refractivity contribution in [3.63, 3.8) is 0 Å². The van der Waals surface area contributed by atoms with E-state index in [-0.39, 0.29) is 11.3 Å². The van der Waals surface area contributed by atoms with Gasteiger partial charge in [0.1, 0.15) is 11.1 Å². The Hall–Kier alpha value is -3.21. The Morgan fingerprint density at radius 1 is 1.15 bits per heavy atom. The van der Waals surface area contributed by atoms with Gasteiger partial charge in [-0.3, -0.25) is 14.9 Å². The summed E-state index contributed by atoms with van der Waals surface area (Å²) in [6.45, 7) is 0. The molecule has 1 aromatic heterocycles. The zero-order chi connectivity index (χ0) is 19.4. The molecule has 0 saturated carbocycles. The second kappa shape index (κ2) is 7.99. The van der Waals surface area contributed by atoms with Gasteiger partial charge in [0.15, 0.2) is 6.29 Å². The van der Waals surface area contributed by atoms with Crippen molar-refractivity contribution in [3.8, 4) is 17.3 Å². The predicted octanol–water partition coefficient (Wildman–Crippen LogP) is 5.15. The minimum atomic E-state index is -0.568. The van der Waals surface area contributed by atoms with Crippen molar-refractivity contribution in [3.05, 3.63) is 80.9 Å². The van der Waals surface area contributed by atoms with E-state index in [4.69, 9.17) is 11.6 Å². The summed E-state index contributed by atoms with van der Waals surface area (Å²) in [5.41, 5.74) is 1.79. The number of hydrogen-bond donors (Lipinski definition) is 0. The van der Waals surface area contributed by atoms with Gasteiger partial charge in [0, 0.05) is 33.2 Å². The van der Waals surface area contributed by atoms with E-state index in [2.05, 4.69) is 11.1 Å². The first-order chi connectivity index (χ1) is 13.0. The number of halogens is 1. The van der Waals surface area contributed by atoms with Crippen LogP contribution in [0.25, 0.3) is 11.3 Å². The molecule has 0 spiro atoms. The lowest BCUT2D eigenvalue weighted by molar-refractivity contribution is -0.384. The SMILES string of the molecule is N#Cc1ccc(-c2ccc(Cl)cc2)nc1Sc1ccc([N+](=O)[O-])cc1C=O. The molecule has 2 aromatic carbocycles. The van der Waals surface area contributed by atoms with Gasteiger partial charge in [-0.2, -0.15) is 5.26 Å². The Labute approximate surface area is 163 Å². The maximum atomic E-state index is 11.3. The standard InChI is InChI=1S/C19H10ClN3O3S/c20-15-4-1-12(2-5-15)17-7-3-13(10-21)19(22-17)27-18-8-6-16(23(25)26)9-14(18)11-24/h1-9,11H. The third kappa shape index (κ3) is 4.14. The van der Waals surface area contributed by atoms with E-state index in [1.54, 1.807) is 24.3 Å². The van der Waals surface area contributed by atoms with Crippen molar-refractivity contribution in [1.29, 1.82) is 5.26 Å². The van der Waals surface area contributed by atoms with Crippen LogP contribution in [0.5, 0.6) is 0 Å². The monoisotopic (exact) mass is 395 g/mol. The lowest BCUT2D eigenvalue weighted by Gasteiger charge is -2.08. The molecule has 0 unspecified atom stereocenters. The van der Waals surface area contributed by atoms with E-state index in [0.29, 0.717) is 32.5 Å². The highest BCUT2D eigenvalue weighted by molar-refractivity contribution is 7.99. The predicted molar refractivity (Wildman–Crippen MR) is 102 cm³/mol. The maximum absolute atomic E-state index is 11.3. The average Bonchev–Trinajstić information content (AvgIpc) is 2.68. The number of nitriles is 1. The summed E-state index contributed by atoms with van der Waals surface area (Å²) >= 11 is 7.01. The van der Waals surface area contributed by atoms with Crippen LogP contribution < -0.4 is 0 Å². The molecular formula is C19H10ClN3O3S. The second-order valence-corrected chi connectivity index (χ2v) is 6.83. The number of hydrogen-bond acceptors (Lipinski definition) is 6. The van der Waals surface area contributed by atoms with Crippen LogP contribution in [-0.4, -0.2) is 16.2 Å². The fourth-order valence-electron chi connectivity index (χ4n) is 2.32. The molecule has 8 heteroatoms. The number of benzene rings is 2. The van der Waals surface area contributed by atoms with Gasteiger partial charge in [0.05, 0.1) is 16.2 Å². The minimum Gasteiger partial charge on any atom is -0.298 e. The molecule has 0 atom stereocenters. The van der Waals surface area contributed by atoms with Crippen LogP contribution >= 0.6 is 23.4 Å². The van der Waals surface area contributed by atoms with Gasteiger partial charge in [-0.15, -0.1) is 0 Å². The van der Waals surface area contributed by atoms with E-state index in [1.165, 1.54) is 18.2 Å². The van der Waals surface area contributed by atoms with E-state index in [0.717, 1.165) is 17.3 Å². The van der Waals surface area contributed by atoms with Gasteiger partial charge in [0.25, 0.3) is 5.69 Å². The summed E-state index contributed by atoms with van der Waals surface area (Å²) in [7, 11) is 0. The summed E-state index contributed by atoms with van der Waals surface area (Å²) in [4.78, 5) is 26.6. The number of carbonyl (C=O) groups is 1. The summed E-state index contributed by atoms with van der Waals surface area (Å²) in [6, 6.07) is 16.5. The summed E-state index contributed by atoms with van der Waals surface area (Å²) < 4.78 is 0. The normalized spacial score (nSPS) is 10.2. The number of nitro groups is 1. The molecule has 0 saturated heterocycles. The number of nitro benzene ring substituents is 1. The number of aldehydes is 1.